The van der Waals surface area contributed by atoms with Gasteiger partial charge in [0.15, 0.2) is 0 Å². The fraction of sp³-hybridized carbons (Fsp3) is 0.300. The maximum atomic E-state index is 12.9. The summed E-state index contributed by atoms with van der Waals surface area (Å²) < 4.78 is 7.26. The van der Waals surface area contributed by atoms with Crippen LogP contribution in [0.3, 0.4) is 0 Å². The summed E-state index contributed by atoms with van der Waals surface area (Å²) in [5.41, 5.74) is 0.771. The number of anilines is 1. The number of thiophene rings is 1. The van der Waals surface area contributed by atoms with Gasteiger partial charge in [0.25, 0.3) is 5.56 Å². The quantitative estimate of drug-likeness (QED) is 0.542. The van der Waals surface area contributed by atoms with Crippen LogP contribution in [0, 0.1) is 12.8 Å². The number of carbonyl (C=O) groups is 2. The largest absolute Gasteiger partial charge is 0.461 e. The lowest BCUT2D eigenvalue weighted by atomic mass is 10.2. The third kappa shape index (κ3) is 4.73. The van der Waals surface area contributed by atoms with E-state index in [0.29, 0.717) is 33.0 Å². The zero-order valence-corrected chi connectivity index (χ0v) is 18.6. The molecule has 7 nitrogen and oxygen atoms in total. The van der Waals surface area contributed by atoms with Crippen molar-refractivity contribution in [1.29, 1.82) is 0 Å². The summed E-state index contributed by atoms with van der Waals surface area (Å²) in [5.74, 6) is -0.603. The molecule has 0 saturated carbocycles. The number of benzene rings is 1. The number of rotatable bonds is 6. The predicted octanol–water partition coefficient (Wildman–Crippen LogP) is 3.98. The van der Waals surface area contributed by atoms with E-state index in [-0.39, 0.29) is 23.9 Å². The minimum atomic E-state index is -0.461. The maximum absolute atomic E-state index is 12.9. The van der Waals surface area contributed by atoms with E-state index in [1.165, 1.54) is 10.9 Å². The summed E-state index contributed by atoms with van der Waals surface area (Å²) in [7, 11) is 0. The Morgan fingerprint density at radius 2 is 2.03 bits per heavy atom. The van der Waals surface area contributed by atoms with Crippen LogP contribution >= 0.6 is 27.3 Å². The number of fused-ring (bicyclic) bond motifs is 1. The van der Waals surface area contributed by atoms with Crippen molar-refractivity contribution in [2.24, 2.45) is 5.92 Å². The molecule has 1 amide bonds. The first kappa shape index (κ1) is 21.2. The average Bonchev–Trinajstić information content (AvgIpc) is 3.01. The van der Waals surface area contributed by atoms with Crippen LogP contribution in [0.5, 0.6) is 0 Å². The molecule has 152 valence electrons. The first-order chi connectivity index (χ1) is 13.8. The molecule has 3 rings (SSSR count). The van der Waals surface area contributed by atoms with Crippen molar-refractivity contribution >= 4 is 55.0 Å². The zero-order valence-electron chi connectivity index (χ0n) is 16.2. The van der Waals surface area contributed by atoms with Gasteiger partial charge in [-0.15, -0.1) is 11.3 Å². The van der Waals surface area contributed by atoms with Gasteiger partial charge < -0.3 is 10.1 Å². The van der Waals surface area contributed by atoms with Crippen LogP contribution in [0.15, 0.2) is 39.9 Å². The number of hydrogen-bond donors (Lipinski definition) is 1. The van der Waals surface area contributed by atoms with E-state index in [2.05, 4.69) is 26.2 Å². The van der Waals surface area contributed by atoms with E-state index >= 15 is 0 Å². The molecule has 1 aromatic carbocycles. The molecule has 0 fully saturated rings. The molecule has 0 radical (unpaired) electrons. The maximum Gasteiger partial charge on any atom is 0.348 e. The second-order valence-electron chi connectivity index (χ2n) is 6.93. The Bertz CT molecular complexity index is 1140. The number of ether oxygens (including phenoxy) is 1. The first-order valence-electron chi connectivity index (χ1n) is 8.98. The van der Waals surface area contributed by atoms with E-state index in [0.717, 1.165) is 15.8 Å². The normalized spacial score (nSPS) is 11.1. The van der Waals surface area contributed by atoms with Crippen molar-refractivity contribution in [2.45, 2.75) is 27.3 Å². The van der Waals surface area contributed by atoms with Gasteiger partial charge in [-0.3, -0.25) is 14.2 Å². The highest BCUT2D eigenvalue weighted by Gasteiger charge is 2.21. The third-order valence-corrected chi connectivity index (χ3v) is 5.98. The van der Waals surface area contributed by atoms with Gasteiger partial charge in [-0.05, 0) is 46.5 Å². The molecule has 0 aliphatic rings. The summed E-state index contributed by atoms with van der Waals surface area (Å²) in [6, 6.07) is 7.20. The van der Waals surface area contributed by atoms with E-state index in [9.17, 15) is 14.4 Å². The number of hydrogen-bond acceptors (Lipinski definition) is 6. The van der Waals surface area contributed by atoms with Gasteiger partial charge >= 0.3 is 5.97 Å². The van der Waals surface area contributed by atoms with Gasteiger partial charge in [0.2, 0.25) is 5.91 Å². The molecule has 2 heterocycles. The van der Waals surface area contributed by atoms with Crippen molar-refractivity contribution in [2.75, 3.05) is 11.9 Å². The molecular weight excluding hydrogens is 458 g/mol. The second-order valence-corrected chi connectivity index (χ2v) is 8.79. The Kier molecular flexibility index (Phi) is 6.49. The van der Waals surface area contributed by atoms with Crippen LogP contribution in [0.25, 0.3) is 10.2 Å². The summed E-state index contributed by atoms with van der Waals surface area (Å²) >= 11 is 4.49. The molecule has 0 saturated heterocycles. The first-order valence-corrected chi connectivity index (χ1v) is 10.6. The highest BCUT2D eigenvalue weighted by Crippen LogP contribution is 2.27. The van der Waals surface area contributed by atoms with Crippen LogP contribution in [-0.2, 0) is 16.1 Å². The molecule has 0 spiro atoms. The highest BCUT2D eigenvalue weighted by molar-refractivity contribution is 9.10. The third-order valence-electron chi connectivity index (χ3n) is 4.11. The second kappa shape index (κ2) is 8.87. The Morgan fingerprint density at radius 3 is 2.72 bits per heavy atom. The van der Waals surface area contributed by atoms with Crippen molar-refractivity contribution in [3.8, 4) is 0 Å². The number of carbonyl (C=O) groups excluding carboxylic acids is 2. The minimum Gasteiger partial charge on any atom is -0.461 e. The fourth-order valence-corrected chi connectivity index (χ4v) is 4.10. The van der Waals surface area contributed by atoms with Crippen LogP contribution in [0.4, 0.5) is 5.69 Å². The monoisotopic (exact) mass is 477 g/mol. The molecule has 0 unspecified atom stereocenters. The molecule has 3 aromatic rings. The topological polar surface area (TPSA) is 90.3 Å². The summed E-state index contributed by atoms with van der Waals surface area (Å²) in [6.07, 6.45) is 1.32. The number of aryl methyl sites for hydroxylation is 1. The smallest absolute Gasteiger partial charge is 0.348 e. The molecule has 0 aliphatic heterocycles. The Hall–Kier alpha value is -2.52. The number of para-hydroxylation sites is 1. The lowest BCUT2D eigenvalue weighted by molar-refractivity contribution is -0.116. The Balaban J connectivity index is 1.85. The van der Waals surface area contributed by atoms with Gasteiger partial charge in [0, 0.05) is 4.47 Å². The number of esters is 1. The van der Waals surface area contributed by atoms with Crippen LogP contribution < -0.4 is 10.9 Å². The van der Waals surface area contributed by atoms with Gasteiger partial charge in [0.05, 0.1) is 24.0 Å². The van der Waals surface area contributed by atoms with Crippen molar-refractivity contribution < 1.29 is 14.3 Å². The van der Waals surface area contributed by atoms with Gasteiger partial charge in [-0.25, -0.2) is 9.78 Å². The molecule has 0 atom stereocenters. The fourth-order valence-electron chi connectivity index (χ4n) is 2.68. The van der Waals surface area contributed by atoms with Gasteiger partial charge in [-0.2, -0.15) is 0 Å². The van der Waals surface area contributed by atoms with E-state index in [4.69, 9.17) is 4.74 Å². The summed E-state index contributed by atoms with van der Waals surface area (Å²) in [4.78, 5) is 42.7. The number of halogens is 1. The molecule has 1 N–H and O–H groups in total. The van der Waals surface area contributed by atoms with Crippen LogP contribution in [-0.4, -0.2) is 28.0 Å². The Labute approximate surface area is 179 Å². The lowest BCUT2D eigenvalue weighted by Gasteiger charge is -2.08. The van der Waals surface area contributed by atoms with Gasteiger partial charge in [-0.1, -0.05) is 26.0 Å². The predicted molar refractivity (Wildman–Crippen MR) is 117 cm³/mol. The zero-order chi connectivity index (χ0) is 21.1. The number of nitrogens with one attached hydrogen (secondary N) is 1. The highest BCUT2D eigenvalue weighted by atomic mass is 79.9. The van der Waals surface area contributed by atoms with E-state index in [1.54, 1.807) is 19.1 Å². The SMILES string of the molecule is Cc1c(C(=O)OCC(C)C)sc2ncn(CC(=O)Nc3ccccc3Br)c(=O)c12. The molecule has 0 bridgehead atoms. The standard InChI is InChI=1S/C20H20BrN3O4S/c1-11(2)9-28-20(27)17-12(3)16-18(29-17)22-10-24(19(16)26)8-15(25)23-14-7-5-4-6-13(14)21/h4-7,10-11H,8-9H2,1-3H3,(H,23,25). The van der Waals surface area contributed by atoms with E-state index in [1.807, 2.05) is 26.0 Å². The van der Waals surface area contributed by atoms with E-state index < -0.39 is 5.97 Å². The number of aromatic nitrogens is 2. The molecule has 0 aliphatic carbocycles. The minimum absolute atomic E-state index is 0.189. The van der Waals surface area contributed by atoms with Crippen molar-refractivity contribution in [3.63, 3.8) is 0 Å². The molecule has 29 heavy (non-hydrogen) atoms. The average molecular weight is 478 g/mol. The molecule has 2 aromatic heterocycles. The molecular formula is C20H20BrN3O4S. The van der Waals surface area contributed by atoms with Crippen LogP contribution in [0.1, 0.15) is 29.1 Å². The lowest BCUT2D eigenvalue weighted by Crippen LogP contribution is -2.28. The Morgan fingerprint density at radius 1 is 1.31 bits per heavy atom. The summed E-state index contributed by atoms with van der Waals surface area (Å²) in [5, 5.41) is 3.09. The van der Waals surface area contributed by atoms with Crippen LogP contribution in [0.2, 0.25) is 0 Å². The van der Waals surface area contributed by atoms with Crippen molar-refractivity contribution in [1.82, 2.24) is 9.55 Å². The van der Waals surface area contributed by atoms with Crippen molar-refractivity contribution in [3.05, 3.63) is 55.9 Å². The summed E-state index contributed by atoms with van der Waals surface area (Å²) in [6.45, 7) is 5.71. The van der Waals surface area contributed by atoms with Gasteiger partial charge in [0.1, 0.15) is 16.3 Å². The number of nitrogens with zero attached hydrogens (tertiary/aromatic N) is 2. The molecule has 9 heteroatoms. The number of amides is 1.